The van der Waals surface area contributed by atoms with Gasteiger partial charge in [0.2, 0.25) is 0 Å². The normalized spacial score (nSPS) is 10.6. The van der Waals surface area contributed by atoms with Gasteiger partial charge in [-0.2, -0.15) is 15.0 Å². The van der Waals surface area contributed by atoms with Gasteiger partial charge in [-0.1, -0.05) is 30.3 Å². The minimum absolute atomic E-state index is 0.222. The van der Waals surface area contributed by atoms with Crippen LogP contribution in [0, 0.1) is 25.2 Å². The summed E-state index contributed by atoms with van der Waals surface area (Å²) < 4.78 is 12.3. The van der Waals surface area contributed by atoms with Crippen molar-refractivity contribution >= 4 is 22.6 Å². The lowest BCUT2D eigenvalue weighted by Gasteiger charge is -2.13. The first kappa shape index (κ1) is 20.9. The summed E-state index contributed by atoms with van der Waals surface area (Å²) in [6.45, 7) is 3.71. The van der Waals surface area contributed by atoms with Crippen molar-refractivity contribution in [1.29, 1.82) is 5.26 Å². The van der Waals surface area contributed by atoms with Gasteiger partial charge in [0, 0.05) is 5.39 Å². The molecule has 8 heteroatoms. The number of amides is 1. The van der Waals surface area contributed by atoms with Crippen LogP contribution in [0.1, 0.15) is 16.7 Å². The Hall–Kier alpha value is -4.38. The molecule has 0 radical (unpaired) electrons. The van der Waals surface area contributed by atoms with E-state index in [1.807, 2.05) is 44.2 Å². The average Bonchev–Trinajstić information content (AvgIpc) is 3.20. The lowest BCUT2D eigenvalue weighted by Crippen LogP contribution is -2.22. The third kappa shape index (κ3) is 3.96. The highest BCUT2D eigenvalue weighted by Gasteiger charge is 2.18. The molecule has 0 aliphatic carbocycles. The van der Waals surface area contributed by atoms with Gasteiger partial charge in [0.15, 0.2) is 29.7 Å². The number of hydrogen-bond acceptors (Lipinski definition) is 6. The maximum Gasteiger partial charge on any atom is 0.263 e. The van der Waals surface area contributed by atoms with E-state index in [4.69, 9.17) is 14.5 Å². The lowest BCUT2D eigenvalue weighted by molar-refractivity contribution is -0.118. The Kier molecular flexibility index (Phi) is 5.73. The molecule has 0 unspecified atom stereocenters. The van der Waals surface area contributed by atoms with E-state index >= 15 is 0 Å². The third-order valence-electron chi connectivity index (χ3n) is 5.03. The Bertz CT molecular complexity index is 1350. The summed E-state index contributed by atoms with van der Waals surface area (Å²) in [6.07, 6.45) is 1.40. The van der Waals surface area contributed by atoms with E-state index in [2.05, 4.69) is 16.5 Å². The van der Waals surface area contributed by atoms with Gasteiger partial charge in [-0.15, -0.1) is 0 Å². The zero-order valence-electron chi connectivity index (χ0n) is 17.9. The zero-order chi connectivity index (χ0) is 22.7. The van der Waals surface area contributed by atoms with E-state index in [1.165, 1.54) is 18.0 Å². The molecule has 8 nitrogen and oxygen atoms in total. The van der Waals surface area contributed by atoms with Crippen molar-refractivity contribution in [2.75, 3.05) is 19.0 Å². The average molecular weight is 427 g/mol. The first-order valence-corrected chi connectivity index (χ1v) is 9.93. The molecule has 32 heavy (non-hydrogen) atoms. The second kappa shape index (κ2) is 8.78. The summed E-state index contributed by atoms with van der Waals surface area (Å²) in [5.74, 6) is 1.27. The van der Waals surface area contributed by atoms with Gasteiger partial charge in [0.25, 0.3) is 5.91 Å². The van der Waals surface area contributed by atoms with E-state index in [0.717, 1.165) is 22.0 Å². The molecule has 0 saturated carbocycles. The number of methoxy groups -OCH3 is 1. The van der Waals surface area contributed by atoms with Gasteiger partial charge in [0.05, 0.1) is 18.8 Å². The number of nitriles is 1. The van der Waals surface area contributed by atoms with Crippen molar-refractivity contribution in [3.05, 3.63) is 71.4 Å². The molecular weight excluding hydrogens is 406 g/mol. The minimum Gasteiger partial charge on any atom is -0.493 e. The van der Waals surface area contributed by atoms with Crippen LogP contribution in [-0.4, -0.2) is 34.4 Å². The number of aromatic nitrogens is 3. The predicted molar refractivity (Wildman–Crippen MR) is 120 cm³/mol. The van der Waals surface area contributed by atoms with Crippen molar-refractivity contribution in [3.63, 3.8) is 0 Å². The molecule has 2 heterocycles. The first-order chi connectivity index (χ1) is 15.5. The number of rotatable bonds is 6. The van der Waals surface area contributed by atoms with Gasteiger partial charge in [-0.05, 0) is 43.2 Å². The maximum absolute atomic E-state index is 12.6. The van der Waals surface area contributed by atoms with Crippen molar-refractivity contribution in [1.82, 2.24) is 14.8 Å². The topological polar surface area (TPSA) is 102 Å². The number of benzene rings is 2. The number of ether oxygens (including phenoxy) is 2. The van der Waals surface area contributed by atoms with E-state index in [0.29, 0.717) is 17.3 Å². The Morgan fingerprint density at radius 2 is 1.91 bits per heavy atom. The fourth-order valence-electron chi connectivity index (χ4n) is 3.43. The number of para-hydroxylation sites is 3. The van der Waals surface area contributed by atoms with Crippen LogP contribution < -0.4 is 14.8 Å². The van der Waals surface area contributed by atoms with E-state index in [1.54, 1.807) is 18.2 Å². The van der Waals surface area contributed by atoms with Crippen LogP contribution >= 0.6 is 0 Å². The molecule has 0 aliphatic heterocycles. The van der Waals surface area contributed by atoms with E-state index in [9.17, 15) is 10.1 Å². The van der Waals surface area contributed by atoms with Gasteiger partial charge < -0.3 is 14.8 Å². The molecule has 4 rings (SSSR count). The van der Waals surface area contributed by atoms with Crippen LogP contribution in [-0.2, 0) is 4.79 Å². The van der Waals surface area contributed by atoms with Crippen LogP contribution in [0.3, 0.4) is 0 Å². The van der Waals surface area contributed by atoms with Crippen LogP contribution in [0.2, 0.25) is 0 Å². The summed E-state index contributed by atoms with van der Waals surface area (Å²) >= 11 is 0. The first-order valence-electron chi connectivity index (χ1n) is 9.93. The fourth-order valence-corrected chi connectivity index (χ4v) is 3.43. The highest BCUT2D eigenvalue weighted by atomic mass is 16.5. The number of carbonyl (C=O) groups is 1. The molecule has 0 bridgehead atoms. The minimum atomic E-state index is -0.442. The molecule has 1 amide bonds. The number of nitrogens with zero attached hydrogens (tertiary/aromatic N) is 4. The Labute approximate surface area is 185 Å². The molecule has 0 atom stereocenters. The summed E-state index contributed by atoms with van der Waals surface area (Å²) in [7, 11) is 1.53. The van der Waals surface area contributed by atoms with E-state index < -0.39 is 5.91 Å². The molecule has 0 aliphatic rings. The molecule has 160 valence electrons. The van der Waals surface area contributed by atoms with Gasteiger partial charge in [0.1, 0.15) is 11.6 Å². The molecule has 4 aromatic rings. The molecule has 2 aromatic carbocycles. The van der Waals surface area contributed by atoms with Crippen molar-refractivity contribution in [2.24, 2.45) is 0 Å². The summed E-state index contributed by atoms with van der Waals surface area (Å²) in [5, 5.41) is 17.6. The number of carbonyl (C=O) groups excluding carboxylic acids is 1. The highest BCUT2D eigenvalue weighted by molar-refractivity contribution is 5.93. The number of anilines is 1. The quantitative estimate of drug-likeness (QED) is 0.500. The molecule has 0 fully saturated rings. The Morgan fingerprint density at radius 3 is 2.66 bits per heavy atom. The summed E-state index contributed by atoms with van der Waals surface area (Å²) in [5.41, 5.74) is 3.10. The molecule has 0 saturated heterocycles. The van der Waals surface area contributed by atoms with Crippen molar-refractivity contribution in [3.8, 4) is 23.4 Å². The van der Waals surface area contributed by atoms with Crippen LogP contribution in [0.15, 0.2) is 54.7 Å². The SMILES string of the molecule is COc1ccccc1OCC(=O)Nc1c(C#N)cnn1-c1cc(C)c2cccc(C)c2n1. The smallest absolute Gasteiger partial charge is 0.263 e. The number of hydrogen-bond donors (Lipinski definition) is 1. The van der Waals surface area contributed by atoms with Crippen molar-refractivity contribution in [2.45, 2.75) is 13.8 Å². The fraction of sp³-hybridized carbons (Fsp3) is 0.167. The summed E-state index contributed by atoms with van der Waals surface area (Å²) in [6, 6.07) is 17.0. The zero-order valence-corrected chi connectivity index (χ0v) is 17.9. The molecule has 0 spiro atoms. The number of pyridine rings is 1. The number of fused-ring (bicyclic) bond motifs is 1. The third-order valence-corrected chi connectivity index (χ3v) is 5.03. The van der Waals surface area contributed by atoms with Gasteiger partial charge in [-0.25, -0.2) is 4.98 Å². The maximum atomic E-state index is 12.6. The predicted octanol–water partition coefficient (Wildman–Crippen LogP) is 3.94. The molecule has 2 aromatic heterocycles. The second-order valence-electron chi connectivity index (χ2n) is 7.19. The van der Waals surface area contributed by atoms with Crippen LogP contribution in [0.25, 0.3) is 16.7 Å². The largest absolute Gasteiger partial charge is 0.493 e. The van der Waals surface area contributed by atoms with Gasteiger partial charge in [-0.3, -0.25) is 4.79 Å². The standard InChI is InChI=1S/C24H21N5O3/c1-15-7-6-8-18-16(2)11-21(27-23(15)18)29-24(17(12-25)13-26-29)28-22(30)14-32-20-10-5-4-9-19(20)31-3/h4-11,13H,14H2,1-3H3,(H,28,30). The van der Waals surface area contributed by atoms with Gasteiger partial charge >= 0.3 is 0 Å². The molecule has 1 N–H and O–H groups in total. The van der Waals surface area contributed by atoms with E-state index in [-0.39, 0.29) is 18.0 Å². The number of nitrogens with one attached hydrogen (secondary N) is 1. The Morgan fingerprint density at radius 1 is 1.12 bits per heavy atom. The van der Waals surface area contributed by atoms with Crippen LogP contribution in [0.5, 0.6) is 11.5 Å². The van der Waals surface area contributed by atoms with Crippen molar-refractivity contribution < 1.29 is 14.3 Å². The highest BCUT2D eigenvalue weighted by Crippen LogP contribution is 2.27. The second-order valence-corrected chi connectivity index (χ2v) is 7.19. The monoisotopic (exact) mass is 427 g/mol. The summed E-state index contributed by atoms with van der Waals surface area (Å²) in [4.78, 5) is 17.4. The lowest BCUT2D eigenvalue weighted by atomic mass is 10.1. The number of aryl methyl sites for hydroxylation is 2. The molecular formula is C24H21N5O3. The van der Waals surface area contributed by atoms with Crippen LogP contribution in [0.4, 0.5) is 5.82 Å². The Balaban J connectivity index is 1.63.